The van der Waals surface area contributed by atoms with Gasteiger partial charge < -0.3 is 48.8 Å². The third-order valence-corrected chi connectivity index (χ3v) is 7.96. The zero-order valence-corrected chi connectivity index (χ0v) is 21.0. The number of pyridine rings is 1. The number of anilines is 1. The Labute approximate surface area is 213 Å². The summed E-state index contributed by atoms with van der Waals surface area (Å²) in [6.07, 6.45) is -0.548. The second kappa shape index (κ2) is 10.5. The van der Waals surface area contributed by atoms with E-state index in [2.05, 4.69) is 16.0 Å². The van der Waals surface area contributed by atoms with Gasteiger partial charge in [-0.1, -0.05) is 6.42 Å². The van der Waals surface area contributed by atoms with Gasteiger partial charge in [-0.15, -0.1) is 0 Å². The van der Waals surface area contributed by atoms with Gasteiger partial charge in [0.05, 0.1) is 18.9 Å². The molecule has 2 aliphatic heterocycles. The molecule has 37 heavy (non-hydrogen) atoms. The molecule has 13 nitrogen and oxygen atoms in total. The van der Waals surface area contributed by atoms with Crippen molar-refractivity contribution in [1.29, 1.82) is 5.26 Å². The normalized spacial score (nSPS) is 29.7. The highest BCUT2D eigenvalue weighted by atomic mass is 31.2. The molecule has 2 aromatic heterocycles. The monoisotopic (exact) mass is 538 g/mol. The van der Waals surface area contributed by atoms with Crippen molar-refractivity contribution in [2.24, 2.45) is 11.8 Å². The highest BCUT2D eigenvalue weighted by Gasteiger charge is 2.45. The summed E-state index contributed by atoms with van der Waals surface area (Å²) in [7, 11) is -4.40. The number of rotatable bonds is 9. The molecule has 2 aromatic rings. The van der Waals surface area contributed by atoms with Crippen LogP contribution in [-0.2, 0) is 14.0 Å². The summed E-state index contributed by atoms with van der Waals surface area (Å²) < 4.78 is 29.1. The zero-order valence-electron chi connectivity index (χ0n) is 20.1. The van der Waals surface area contributed by atoms with Gasteiger partial charge in [0.1, 0.15) is 48.5 Å². The Kier molecular flexibility index (Phi) is 7.46. The molecule has 202 valence electrons. The Hall–Kier alpha value is -2.27. The van der Waals surface area contributed by atoms with E-state index in [1.165, 1.54) is 6.42 Å². The van der Waals surface area contributed by atoms with Crippen LogP contribution in [0.5, 0.6) is 5.88 Å². The standard InChI is InChI=1S/C23H31N4O9P/c24-8-16-18(26-9-13-2-1-3-14(13)10-26)15-4-5-27(21(15)25-22(16)35-7-6-28)23-20(30)19(29)17(36-23)11-34-12-37(31,32)33/h4-5,13-14,17,19-20,23,28-30H,1-3,6-7,9-12H2,(H2,31,32,33)/t13?,14?,17-,19-,20-,23-/m1/s1. The van der Waals surface area contributed by atoms with Crippen molar-refractivity contribution in [1.82, 2.24) is 9.55 Å². The van der Waals surface area contributed by atoms with Crippen LogP contribution in [-0.4, -0.2) is 92.2 Å². The molecule has 0 spiro atoms. The van der Waals surface area contributed by atoms with Gasteiger partial charge in [0, 0.05) is 24.7 Å². The van der Waals surface area contributed by atoms with E-state index in [0.717, 1.165) is 25.9 Å². The molecular weight excluding hydrogens is 507 g/mol. The molecule has 0 aromatic carbocycles. The number of hydrogen-bond acceptors (Lipinski definition) is 10. The average Bonchev–Trinajstić information content (AvgIpc) is 3.61. The Morgan fingerprint density at radius 1 is 1.22 bits per heavy atom. The first-order valence-corrected chi connectivity index (χ1v) is 14.1. The first-order valence-electron chi connectivity index (χ1n) is 12.3. The van der Waals surface area contributed by atoms with Crippen LogP contribution in [0.15, 0.2) is 12.3 Å². The predicted molar refractivity (Wildman–Crippen MR) is 129 cm³/mol. The number of nitrogens with zero attached hydrogens (tertiary/aromatic N) is 4. The van der Waals surface area contributed by atoms with Crippen LogP contribution in [0.2, 0.25) is 0 Å². The lowest BCUT2D eigenvalue weighted by molar-refractivity contribution is -0.0611. The number of aromatic nitrogens is 2. The summed E-state index contributed by atoms with van der Waals surface area (Å²) in [6.45, 7) is 0.963. The van der Waals surface area contributed by atoms with Gasteiger partial charge in [0.15, 0.2) is 6.23 Å². The third-order valence-electron chi connectivity index (χ3n) is 7.44. The topological polar surface area (TPSA) is 191 Å². The maximum Gasteiger partial charge on any atom is 0.350 e. The van der Waals surface area contributed by atoms with Crippen molar-refractivity contribution in [2.45, 2.75) is 43.8 Å². The molecule has 5 rings (SSSR count). The van der Waals surface area contributed by atoms with Crippen molar-refractivity contribution in [3.63, 3.8) is 0 Å². The number of aliphatic hydroxyl groups is 3. The van der Waals surface area contributed by atoms with E-state index < -0.39 is 38.5 Å². The molecule has 0 amide bonds. The molecular formula is C23H31N4O9P. The zero-order chi connectivity index (χ0) is 26.3. The predicted octanol–water partition coefficient (Wildman–Crippen LogP) is 0.286. The summed E-state index contributed by atoms with van der Waals surface area (Å²) >= 11 is 0. The van der Waals surface area contributed by atoms with Gasteiger partial charge in [-0.3, -0.25) is 4.57 Å². The van der Waals surface area contributed by atoms with E-state index in [1.54, 1.807) is 16.8 Å². The highest BCUT2D eigenvalue weighted by Crippen LogP contribution is 2.45. The van der Waals surface area contributed by atoms with Crippen LogP contribution >= 0.6 is 7.60 Å². The molecule has 4 heterocycles. The number of aliphatic hydroxyl groups excluding tert-OH is 3. The molecule has 5 N–H and O–H groups in total. The average molecular weight is 538 g/mol. The molecule has 0 bridgehead atoms. The van der Waals surface area contributed by atoms with Gasteiger partial charge in [0.25, 0.3) is 0 Å². The SMILES string of the molecule is N#Cc1c(OCCO)nc2c(ccn2[C@@H]2O[C@H](COCP(=O)(O)O)[C@@H](O)[C@H]2O)c1N1CC2CCCC2C1. The lowest BCUT2D eigenvalue weighted by Gasteiger charge is -2.24. The molecule has 2 saturated heterocycles. The Balaban J connectivity index is 1.50. The van der Waals surface area contributed by atoms with E-state index in [4.69, 9.17) is 24.0 Å². The van der Waals surface area contributed by atoms with Crippen molar-refractivity contribution >= 4 is 24.3 Å². The van der Waals surface area contributed by atoms with Crippen LogP contribution in [0, 0.1) is 23.2 Å². The van der Waals surface area contributed by atoms with E-state index in [9.17, 15) is 25.1 Å². The van der Waals surface area contributed by atoms with Crippen LogP contribution in [0.25, 0.3) is 11.0 Å². The van der Waals surface area contributed by atoms with Crippen molar-refractivity contribution in [3.05, 3.63) is 17.8 Å². The third kappa shape index (κ3) is 5.08. The minimum absolute atomic E-state index is 0.0567. The lowest BCUT2D eigenvalue weighted by atomic mass is 10.0. The number of nitriles is 1. The summed E-state index contributed by atoms with van der Waals surface area (Å²) in [5.74, 6) is 1.18. The fraction of sp³-hybridized carbons (Fsp3) is 0.652. The van der Waals surface area contributed by atoms with E-state index >= 15 is 0 Å². The first kappa shape index (κ1) is 26.3. The van der Waals surface area contributed by atoms with Gasteiger partial charge in [0.2, 0.25) is 5.88 Å². The van der Waals surface area contributed by atoms with E-state index in [0.29, 0.717) is 28.6 Å². The summed E-state index contributed by atoms with van der Waals surface area (Å²) in [4.78, 5) is 24.7. The molecule has 1 aliphatic carbocycles. The van der Waals surface area contributed by atoms with Crippen LogP contribution in [0.3, 0.4) is 0 Å². The lowest BCUT2D eigenvalue weighted by Crippen LogP contribution is -2.34. The van der Waals surface area contributed by atoms with E-state index in [1.807, 2.05) is 0 Å². The van der Waals surface area contributed by atoms with Crippen molar-refractivity contribution in [3.8, 4) is 11.9 Å². The molecule has 6 atom stereocenters. The number of hydrogen-bond donors (Lipinski definition) is 5. The number of ether oxygens (including phenoxy) is 3. The van der Waals surface area contributed by atoms with Crippen molar-refractivity contribution < 1.29 is 43.9 Å². The second-order valence-corrected chi connectivity index (χ2v) is 11.4. The smallest absolute Gasteiger partial charge is 0.350 e. The van der Waals surface area contributed by atoms with Crippen LogP contribution in [0.1, 0.15) is 31.1 Å². The van der Waals surface area contributed by atoms with E-state index in [-0.39, 0.29) is 31.3 Å². The summed E-state index contributed by atoms with van der Waals surface area (Å²) in [5.41, 5.74) is 1.32. The molecule has 0 radical (unpaired) electrons. The fourth-order valence-electron chi connectivity index (χ4n) is 5.81. The first-order chi connectivity index (χ1) is 17.7. The second-order valence-electron chi connectivity index (χ2n) is 9.85. The Morgan fingerprint density at radius 3 is 2.59 bits per heavy atom. The molecule has 14 heteroatoms. The Morgan fingerprint density at radius 2 is 1.95 bits per heavy atom. The molecule has 3 fully saturated rings. The highest BCUT2D eigenvalue weighted by molar-refractivity contribution is 7.51. The summed E-state index contributed by atoms with van der Waals surface area (Å²) in [6, 6.07) is 4.00. The maximum absolute atomic E-state index is 11.1. The van der Waals surface area contributed by atoms with Gasteiger partial charge in [-0.25, -0.2) is 0 Å². The van der Waals surface area contributed by atoms with Crippen LogP contribution < -0.4 is 9.64 Å². The van der Waals surface area contributed by atoms with Gasteiger partial charge in [-0.05, 0) is 30.7 Å². The van der Waals surface area contributed by atoms with Crippen LogP contribution in [0.4, 0.5) is 5.69 Å². The van der Waals surface area contributed by atoms with Gasteiger partial charge in [-0.2, -0.15) is 10.2 Å². The molecule has 1 saturated carbocycles. The van der Waals surface area contributed by atoms with Gasteiger partial charge >= 0.3 is 7.60 Å². The van der Waals surface area contributed by atoms with Crippen molar-refractivity contribution in [2.75, 3.05) is 44.2 Å². The minimum Gasteiger partial charge on any atom is -0.474 e. The Bertz CT molecular complexity index is 1210. The quantitative estimate of drug-likeness (QED) is 0.275. The molecule has 3 aliphatic rings. The fourth-order valence-corrected chi connectivity index (χ4v) is 6.16. The maximum atomic E-state index is 11.1. The minimum atomic E-state index is -4.40. The summed E-state index contributed by atoms with van der Waals surface area (Å²) in [5, 5.41) is 41.3. The number of fused-ring (bicyclic) bond motifs is 2. The largest absolute Gasteiger partial charge is 0.474 e. The molecule has 2 unspecified atom stereocenters.